The number of hydrogen-bond acceptors (Lipinski definition) is 3. The zero-order valence-corrected chi connectivity index (χ0v) is 10.5. The van der Waals surface area contributed by atoms with E-state index >= 15 is 0 Å². The van der Waals surface area contributed by atoms with Gasteiger partial charge in [-0.2, -0.15) is 0 Å². The number of nitrogens with one attached hydrogen (secondary N) is 1. The van der Waals surface area contributed by atoms with Crippen LogP contribution in [0, 0.1) is 0 Å². The van der Waals surface area contributed by atoms with Gasteiger partial charge in [-0.15, -0.1) is 0 Å². The van der Waals surface area contributed by atoms with Crippen molar-refractivity contribution in [3.05, 3.63) is 23.8 Å². The molecule has 17 heavy (non-hydrogen) atoms. The highest BCUT2D eigenvalue weighted by Crippen LogP contribution is 2.21. The van der Waals surface area contributed by atoms with Gasteiger partial charge in [0.2, 0.25) is 0 Å². The van der Waals surface area contributed by atoms with E-state index in [4.69, 9.17) is 10.5 Å². The largest absolute Gasteiger partial charge is 0.496 e. The van der Waals surface area contributed by atoms with Gasteiger partial charge in [-0.3, -0.25) is 4.79 Å². The van der Waals surface area contributed by atoms with Crippen LogP contribution in [0.3, 0.4) is 0 Å². The van der Waals surface area contributed by atoms with Crippen molar-refractivity contribution < 1.29 is 9.53 Å². The average molecular weight is 236 g/mol. The molecule has 0 fully saturated rings. The summed E-state index contributed by atoms with van der Waals surface area (Å²) in [5, 5.41) is 2.87. The lowest BCUT2D eigenvalue weighted by molar-refractivity contribution is 0.0950. The summed E-state index contributed by atoms with van der Waals surface area (Å²) in [4.78, 5) is 11.9. The van der Waals surface area contributed by atoms with Gasteiger partial charge in [0.1, 0.15) is 5.75 Å². The topological polar surface area (TPSA) is 64.4 Å². The Morgan fingerprint density at radius 3 is 2.82 bits per heavy atom. The molecule has 1 amide bonds. The number of nitrogen functional groups attached to an aromatic ring is 1. The molecule has 0 saturated heterocycles. The summed E-state index contributed by atoms with van der Waals surface area (Å²) in [7, 11) is 1.53. The summed E-state index contributed by atoms with van der Waals surface area (Å²) >= 11 is 0. The molecule has 4 nitrogen and oxygen atoms in total. The maximum atomic E-state index is 11.9. The molecule has 1 aromatic rings. The highest BCUT2D eigenvalue weighted by molar-refractivity contribution is 5.97. The molecule has 94 valence electrons. The smallest absolute Gasteiger partial charge is 0.255 e. The number of hydrogen-bond donors (Lipinski definition) is 2. The van der Waals surface area contributed by atoms with Crippen molar-refractivity contribution in [3.8, 4) is 5.75 Å². The van der Waals surface area contributed by atoms with Crippen molar-refractivity contribution in [3.63, 3.8) is 0 Å². The van der Waals surface area contributed by atoms with Crippen LogP contribution in [0.4, 0.5) is 5.69 Å². The fourth-order valence-electron chi connectivity index (χ4n) is 1.57. The van der Waals surface area contributed by atoms with Gasteiger partial charge in [-0.1, -0.05) is 19.8 Å². The number of unbranched alkanes of at least 4 members (excludes halogenated alkanes) is 2. The third kappa shape index (κ3) is 3.98. The van der Waals surface area contributed by atoms with E-state index in [2.05, 4.69) is 12.2 Å². The van der Waals surface area contributed by atoms with Crippen LogP contribution in [0.1, 0.15) is 36.5 Å². The van der Waals surface area contributed by atoms with E-state index in [1.807, 2.05) is 0 Å². The Morgan fingerprint density at radius 1 is 1.41 bits per heavy atom. The van der Waals surface area contributed by atoms with E-state index in [0.717, 1.165) is 19.3 Å². The number of carbonyl (C=O) groups excluding carboxylic acids is 1. The van der Waals surface area contributed by atoms with Crippen LogP contribution >= 0.6 is 0 Å². The van der Waals surface area contributed by atoms with Gasteiger partial charge in [0, 0.05) is 18.3 Å². The highest BCUT2D eigenvalue weighted by Gasteiger charge is 2.11. The number of nitrogens with two attached hydrogens (primary N) is 1. The summed E-state index contributed by atoms with van der Waals surface area (Å²) in [5.41, 5.74) is 6.74. The standard InChI is InChI=1S/C13H20N2O2/c1-3-4-5-8-15-13(16)11-7-6-10(14)9-12(11)17-2/h6-7,9H,3-5,8,14H2,1-2H3,(H,15,16). The van der Waals surface area contributed by atoms with E-state index in [1.54, 1.807) is 18.2 Å². The van der Waals surface area contributed by atoms with Gasteiger partial charge in [-0.05, 0) is 18.6 Å². The molecule has 0 aliphatic rings. The predicted molar refractivity (Wildman–Crippen MR) is 69.3 cm³/mol. The normalized spacial score (nSPS) is 10.0. The third-order valence-electron chi connectivity index (χ3n) is 2.54. The maximum Gasteiger partial charge on any atom is 0.255 e. The highest BCUT2D eigenvalue weighted by atomic mass is 16.5. The first-order valence-corrected chi connectivity index (χ1v) is 5.90. The van der Waals surface area contributed by atoms with Crippen LogP contribution in [0.2, 0.25) is 0 Å². The minimum atomic E-state index is -0.113. The van der Waals surface area contributed by atoms with Gasteiger partial charge >= 0.3 is 0 Å². The molecule has 0 spiro atoms. The lowest BCUT2D eigenvalue weighted by atomic mass is 10.1. The molecular weight excluding hydrogens is 216 g/mol. The predicted octanol–water partition coefficient (Wildman–Crippen LogP) is 2.20. The Balaban J connectivity index is 2.62. The van der Waals surface area contributed by atoms with Crippen molar-refractivity contribution >= 4 is 11.6 Å². The monoisotopic (exact) mass is 236 g/mol. The first-order chi connectivity index (χ1) is 8.19. The minimum Gasteiger partial charge on any atom is -0.496 e. The quantitative estimate of drug-likeness (QED) is 0.588. The third-order valence-corrected chi connectivity index (χ3v) is 2.54. The molecule has 4 heteroatoms. The first kappa shape index (κ1) is 13.4. The maximum absolute atomic E-state index is 11.9. The molecule has 0 saturated carbocycles. The van der Waals surface area contributed by atoms with Gasteiger partial charge < -0.3 is 15.8 Å². The van der Waals surface area contributed by atoms with Crippen LogP contribution in [-0.4, -0.2) is 19.6 Å². The van der Waals surface area contributed by atoms with E-state index in [1.165, 1.54) is 7.11 Å². The van der Waals surface area contributed by atoms with Crippen molar-refractivity contribution in [1.82, 2.24) is 5.32 Å². The molecule has 1 aromatic carbocycles. The molecule has 0 aromatic heterocycles. The van der Waals surface area contributed by atoms with Gasteiger partial charge in [0.15, 0.2) is 0 Å². The molecule has 0 bridgehead atoms. The number of rotatable bonds is 6. The molecule has 0 aliphatic carbocycles. The average Bonchev–Trinajstić information content (AvgIpc) is 2.34. The molecule has 0 radical (unpaired) electrons. The lowest BCUT2D eigenvalue weighted by Crippen LogP contribution is -2.24. The van der Waals surface area contributed by atoms with Crippen molar-refractivity contribution in [2.75, 3.05) is 19.4 Å². The second-order valence-corrected chi connectivity index (χ2v) is 3.92. The molecule has 0 atom stereocenters. The van der Waals surface area contributed by atoms with Gasteiger partial charge in [0.25, 0.3) is 5.91 Å². The first-order valence-electron chi connectivity index (χ1n) is 5.90. The van der Waals surface area contributed by atoms with Crippen LogP contribution in [0.5, 0.6) is 5.75 Å². The number of carbonyl (C=O) groups is 1. The van der Waals surface area contributed by atoms with Gasteiger partial charge in [0.05, 0.1) is 12.7 Å². The van der Waals surface area contributed by atoms with Crippen LogP contribution in [0.15, 0.2) is 18.2 Å². The number of amides is 1. The van der Waals surface area contributed by atoms with Crippen LogP contribution in [0.25, 0.3) is 0 Å². The zero-order chi connectivity index (χ0) is 12.7. The Labute approximate surface area is 102 Å². The second-order valence-electron chi connectivity index (χ2n) is 3.92. The van der Waals surface area contributed by atoms with Crippen LogP contribution in [-0.2, 0) is 0 Å². The molecule has 3 N–H and O–H groups in total. The Morgan fingerprint density at radius 2 is 2.18 bits per heavy atom. The summed E-state index contributed by atoms with van der Waals surface area (Å²) in [6.07, 6.45) is 3.26. The second kappa shape index (κ2) is 6.78. The van der Waals surface area contributed by atoms with E-state index in [9.17, 15) is 4.79 Å². The van der Waals surface area contributed by atoms with Crippen molar-refractivity contribution in [2.45, 2.75) is 26.2 Å². The summed E-state index contributed by atoms with van der Waals surface area (Å²) in [6.45, 7) is 2.82. The Hall–Kier alpha value is -1.71. The lowest BCUT2D eigenvalue weighted by Gasteiger charge is -2.09. The van der Waals surface area contributed by atoms with Crippen molar-refractivity contribution in [2.24, 2.45) is 0 Å². The fraction of sp³-hybridized carbons (Fsp3) is 0.462. The van der Waals surface area contributed by atoms with E-state index < -0.39 is 0 Å². The molecular formula is C13H20N2O2. The Kier molecular flexibility index (Phi) is 5.33. The number of benzene rings is 1. The van der Waals surface area contributed by atoms with Crippen molar-refractivity contribution in [1.29, 1.82) is 0 Å². The minimum absolute atomic E-state index is 0.113. The number of ether oxygens (including phenoxy) is 1. The number of anilines is 1. The molecule has 0 heterocycles. The summed E-state index contributed by atoms with van der Waals surface area (Å²) in [6, 6.07) is 5.04. The fourth-order valence-corrected chi connectivity index (χ4v) is 1.57. The number of methoxy groups -OCH3 is 1. The van der Waals surface area contributed by atoms with Gasteiger partial charge in [-0.25, -0.2) is 0 Å². The van der Waals surface area contributed by atoms with E-state index in [0.29, 0.717) is 23.5 Å². The van der Waals surface area contributed by atoms with Crippen LogP contribution < -0.4 is 15.8 Å². The molecule has 1 rings (SSSR count). The molecule has 0 aliphatic heterocycles. The Bertz CT molecular complexity index is 378. The molecule has 0 unspecified atom stereocenters. The summed E-state index contributed by atoms with van der Waals surface area (Å²) in [5.74, 6) is 0.399. The van der Waals surface area contributed by atoms with E-state index in [-0.39, 0.29) is 5.91 Å². The zero-order valence-electron chi connectivity index (χ0n) is 10.5. The summed E-state index contributed by atoms with van der Waals surface area (Å²) < 4.78 is 5.13. The SMILES string of the molecule is CCCCCNC(=O)c1ccc(N)cc1OC.